The predicted octanol–water partition coefficient (Wildman–Crippen LogP) is -1.12. The molecule has 0 aliphatic heterocycles. The minimum Gasteiger partial charge on any atom is -0.362 e. The summed E-state index contributed by atoms with van der Waals surface area (Å²) in [5.74, 6) is 0.636. The van der Waals surface area contributed by atoms with Crippen LogP contribution < -0.4 is 20.8 Å². The third kappa shape index (κ3) is 2.69. The summed E-state index contributed by atoms with van der Waals surface area (Å²) in [6.07, 6.45) is 5.19. The SMILES string of the molecule is Nc1c[n+](CCCC[n+]2cc(N)on2)no1. The Bertz CT molecular complexity index is 409. The van der Waals surface area contributed by atoms with Crippen molar-refractivity contribution in [2.75, 3.05) is 11.5 Å². The molecule has 0 saturated heterocycles. The van der Waals surface area contributed by atoms with Gasteiger partial charge >= 0.3 is 0 Å². The van der Waals surface area contributed by atoms with E-state index in [1.807, 2.05) is 0 Å². The van der Waals surface area contributed by atoms with Gasteiger partial charge in [-0.05, 0) is 0 Å². The summed E-state index contributed by atoms with van der Waals surface area (Å²) in [4.78, 5) is 0. The van der Waals surface area contributed by atoms with Crippen LogP contribution in [0.2, 0.25) is 0 Å². The Labute approximate surface area is 91.4 Å². The number of hydrogen-bond acceptors (Lipinski definition) is 6. The summed E-state index contributed by atoms with van der Waals surface area (Å²) in [6, 6.07) is 0. The fraction of sp³-hybridized carbons (Fsp3) is 0.500. The number of aryl methyl sites for hydroxylation is 2. The minimum atomic E-state index is 0.318. The van der Waals surface area contributed by atoms with Crippen LogP contribution >= 0.6 is 0 Å². The van der Waals surface area contributed by atoms with Crippen LogP contribution in [0.3, 0.4) is 0 Å². The molecule has 2 aromatic heterocycles. The lowest BCUT2D eigenvalue weighted by molar-refractivity contribution is -0.771. The number of aromatic nitrogens is 4. The van der Waals surface area contributed by atoms with Crippen molar-refractivity contribution in [3.63, 3.8) is 0 Å². The fourth-order valence-electron chi connectivity index (χ4n) is 1.35. The molecule has 0 aromatic carbocycles. The standard InChI is InChI=1S/C8H14N6O2/c9-7-5-13(11-15-7)3-1-2-4-14-6-8(10)16-12-14/h5-6H,1-4,9-10H2/q+2. The van der Waals surface area contributed by atoms with E-state index in [0.29, 0.717) is 11.8 Å². The molecule has 16 heavy (non-hydrogen) atoms. The number of anilines is 2. The maximum Gasteiger partial charge on any atom is 0.293 e. The van der Waals surface area contributed by atoms with E-state index in [1.54, 1.807) is 21.8 Å². The van der Waals surface area contributed by atoms with E-state index in [2.05, 4.69) is 10.5 Å². The summed E-state index contributed by atoms with van der Waals surface area (Å²) in [7, 11) is 0. The van der Waals surface area contributed by atoms with Gasteiger partial charge in [-0.25, -0.2) is 0 Å². The lowest BCUT2D eigenvalue weighted by atomic mass is 10.3. The van der Waals surface area contributed by atoms with Crippen LogP contribution in [0.5, 0.6) is 0 Å². The van der Waals surface area contributed by atoms with Crippen molar-refractivity contribution in [3.8, 4) is 0 Å². The molecule has 0 aliphatic carbocycles. The lowest BCUT2D eigenvalue weighted by Gasteiger charge is -1.87. The van der Waals surface area contributed by atoms with E-state index < -0.39 is 0 Å². The Morgan fingerprint density at radius 2 is 1.38 bits per heavy atom. The number of unbranched alkanes of at least 4 members (excludes halogenated alkanes) is 1. The van der Waals surface area contributed by atoms with E-state index in [1.165, 1.54) is 0 Å². The van der Waals surface area contributed by atoms with Gasteiger partial charge in [-0.1, -0.05) is 9.36 Å². The molecule has 0 bridgehead atoms. The second kappa shape index (κ2) is 4.60. The van der Waals surface area contributed by atoms with E-state index in [4.69, 9.17) is 20.5 Å². The summed E-state index contributed by atoms with van der Waals surface area (Å²) in [5.41, 5.74) is 10.8. The van der Waals surface area contributed by atoms with E-state index in [9.17, 15) is 0 Å². The molecule has 0 saturated carbocycles. The summed E-state index contributed by atoms with van der Waals surface area (Å²) in [6.45, 7) is 1.52. The average Bonchev–Trinajstić information content (AvgIpc) is 2.83. The van der Waals surface area contributed by atoms with Gasteiger partial charge in [-0.15, -0.1) is 0 Å². The molecule has 8 heteroatoms. The first-order valence-corrected chi connectivity index (χ1v) is 4.98. The van der Waals surface area contributed by atoms with Crippen LogP contribution in [-0.2, 0) is 13.1 Å². The molecule has 0 amide bonds. The second-order valence-electron chi connectivity index (χ2n) is 3.44. The van der Waals surface area contributed by atoms with Crippen molar-refractivity contribution >= 4 is 11.8 Å². The minimum absolute atomic E-state index is 0.318. The Balaban J connectivity index is 1.69. The van der Waals surface area contributed by atoms with Crippen molar-refractivity contribution in [2.24, 2.45) is 0 Å². The zero-order valence-electron chi connectivity index (χ0n) is 8.74. The predicted molar refractivity (Wildman–Crippen MR) is 51.5 cm³/mol. The highest BCUT2D eigenvalue weighted by molar-refractivity contribution is 5.11. The number of nitrogens with zero attached hydrogens (tertiary/aromatic N) is 4. The van der Waals surface area contributed by atoms with Gasteiger partial charge in [-0.3, -0.25) is 9.05 Å². The first kappa shape index (κ1) is 10.4. The molecule has 2 aromatic rings. The number of nitrogen functional groups attached to an aromatic ring is 2. The fourth-order valence-corrected chi connectivity index (χ4v) is 1.35. The Morgan fingerprint density at radius 1 is 0.938 bits per heavy atom. The molecule has 0 atom stereocenters. The van der Waals surface area contributed by atoms with Gasteiger partial charge in [0.15, 0.2) is 13.1 Å². The molecule has 8 nitrogen and oxygen atoms in total. The molecule has 86 valence electrons. The molecule has 4 N–H and O–H groups in total. The topological polar surface area (TPSA) is 112 Å². The van der Waals surface area contributed by atoms with Crippen molar-refractivity contribution in [2.45, 2.75) is 25.9 Å². The first-order valence-electron chi connectivity index (χ1n) is 4.98. The van der Waals surface area contributed by atoms with Crippen LogP contribution in [0.4, 0.5) is 11.8 Å². The first-order chi connectivity index (χ1) is 7.74. The Hall–Kier alpha value is -2.12. The molecule has 0 spiro atoms. The summed E-state index contributed by atoms with van der Waals surface area (Å²) < 4.78 is 12.8. The van der Waals surface area contributed by atoms with Gasteiger partial charge in [0.2, 0.25) is 10.5 Å². The van der Waals surface area contributed by atoms with Crippen molar-refractivity contribution in [1.82, 2.24) is 10.5 Å². The Morgan fingerprint density at radius 3 is 1.69 bits per heavy atom. The maximum absolute atomic E-state index is 5.39. The monoisotopic (exact) mass is 226 g/mol. The molecule has 0 unspecified atom stereocenters. The van der Waals surface area contributed by atoms with Crippen LogP contribution in [0, 0.1) is 0 Å². The van der Waals surface area contributed by atoms with Crippen LogP contribution in [0.15, 0.2) is 21.4 Å². The molecule has 0 fully saturated rings. The van der Waals surface area contributed by atoms with Crippen LogP contribution in [0.25, 0.3) is 0 Å². The zero-order valence-corrected chi connectivity index (χ0v) is 8.74. The number of hydrogen-bond donors (Lipinski definition) is 2. The van der Waals surface area contributed by atoms with Crippen LogP contribution in [0.1, 0.15) is 12.8 Å². The van der Waals surface area contributed by atoms with Crippen molar-refractivity contribution < 1.29 is 18.4 Å². The second-order valence-corrected chi connectivity index (χ2v) is 3.44. The zero-order chi connectivity index (χ0) is 11.4. The molecule has 2 rings (SSSR count). The summed E-state index contributed by atoms with van der Waals surface area (Å²) in [5, 5.41) is 7.44. The van der Waals surface area contributed by atoms with Gasteiger partial charge in [0.05, 0.1) is 0 Å². The number of nitrogens with two attached hydrogens (primary N) is 2. The highest BCUT2D eigenvalue weighted by Gasteiger charge is 2.11. The third-order valence-corrected chi connectivity index (χ3v) is 2.08. The van der Waals surface area contributed by atoms with Crippen molar-refractivity contribution in [3.05, 3.63) is 12.4 Å². The highest BCUT2D eigenvalue weighted by Crippen LogP contribution is 1.95. The highest BCUT2D eigenvalue weighted by atomic mass is 16.5. The number of rotatable bonds is 5. The maximum atomic E-state index is 5.39. The Kier molecular flexibility index (Phi) is 2.99. The van der Waals surface area contributed by atoms with Gasteiger partial charge < -0.3 is 11.5 Å². The molecule has 0 aliphatic rings. The van der Waals surface area contributed by atoms with Crippen molar-refractivity contribution in [1.29, 1.82) is 0 Å². The van der Waals surface area contributed by atoms with Gasteiger partial charge in [0.25, 0.3) is 24.2 Å². The average molecular weight is 226 g/mol. The molecule has 0 radical (unpaired) electrons. The quantitative estimate of drug-likeness (QED) is 0.493. The molecular weight excluding hydrogens is 212 g/mol. The van der Waals surface area contributed by atoms with E-state index in [-0.39, 0.29) is 0 Å². The normalized spacial score (nSPS) is 10.8. The van der Waals surface area contributed by atoms with Gasteiger partial charge in [0.1, 0.15) is 0 Å². The molecule has 2 heterocycles. The summed E-state index contributed by atoms with van der Waals surface area (Å²) >= 11 is 0. The third-order valence-electron chi connectivity index (χ3n) is 2.08. The van der Waals surface area contributed by atoms with Crippen LogP contribution in [-0.4, -0.2) is 10.5 Å². The van der Waals surface area contributed by atoms with Gasteiger partial charge in [0, 0.05) is 12.8 Å². The van der Waals surface area contributed by atoms with E-state index >= 15 is 0 Å². The lowest BCUT2D eigenvalue weighted by Crippen LogP contribution is -2.37. The van der Waals surface area contributed by atoms with E-state index in [0.717, 1.165) is 25.9 Å². The largest absolute Gasteiger partial charge is 0.362 e. The smallest absolute Gasteiger partial charge is 0.293 e. The molecular formula is C8H14N6O2+2. The van der Waals surface area contributed by atoms with Gasteiger partial charge in [-0.2, -0.15) is 0 Å².